The van der Waals surface area contributed by atoms with Crippen molar-refractivity contribution in [2.45, 2.75) is 20.8 Å². The lowest BCUT2D eigenvalue weighted by Gasteiger charge is -2.22. The molecule has 0 fully saturated rings. The van der Waals surface area contributed by atoms with Crippen LogP contribution in [0.5, 0.6) is 0 Å². The van der Waals surface area contributed by atoms with E-state index in [1.807, 2.05) is 36.4 Å². The fourth-order valence-corrected chi connectivity index (χ4v) is 2.65. The summed E-state index contributed by atoms with van der Waals surface area (Å²) in [6.45, 7) is 7.16. The van der Waals surface area contributed by atoms with Gasteiger partial charge in [0.1, 0.15) is 5.82 Å². The molecule has 3 rings (SSSR count). The van der Waals surface area contributed by atoms with Gasteiger partial charge in [-0.1, -0.05) is 30.3 Å². The minimum atomic E-state index is 0.607. The van der Waals surface area contributed by atoms with Gasteiger partial charge in [-0.25, -0.2) is 4.98 Å². The molecule has 0 atom stereocenters. The van der Waals surface area contributed by atoms with Gasteiger partial charge in [-0.3, -0.25) is 0 Å². The molecule has 0 aliphatic heterocycles. The normalized spacial score (nSPS) is 10.5. The van der Waals surface area contributed by atoms with E-state index in [9.17, 15) is 0 Å². The number of anilines is 4. The molecule has 1 N–H and O–H groups in total. The zero-order valence-corrected chi connectivity index (χ0v) is 14.3. The molecule has 4 heteroatoms. The van der Waals surface area contributed by atoms with Crippen LogP contribution < -0.4 is 10.2 Å². The number of hydrogen-bond acceptors (Lipinski definition) is 4. The summed E-state index contributed by atoms with van der Waals surface area (Å²) in [6.07, 6.45) is 1.79. The van der Waals surface area contributed by atoms with Gasteiger partial charge in [-0.05, 0) is 56.2 Å². The number of rotatable bonds is 5. The van der Waals surface area contributed by atoms with Crippen LogP contribution in [0, 0.1) is 13.8 Å². The van der Waals surface area contributed by atoms with Crippen molar-refractivity contribution in [3.05, 3.63) is 71.9 Å². The van der Waals surface area contributed by atoms with Crippen molar-refractivity contribution in [1.29, 1.82) is 0 Å². The SMILES string of the molecule is CCN(c1ccccc1)c1ccnc(Nc2cccc(C)c2C)n1. The highest BCUT2D eigenvalue weighted by atomic mass is 15.2. The fourth-order valence-electron chi connectivity index (χ4n) is 2.65. The summed E-state index contributed by atoms with van der Waals surface area (Å²) in [5.41, 5.74) is 4.61. The average Bonchev–Trinajstić information content (AvgIpc) is 2.61. The molecule has 0 unspecified atom stereocenters. The van der Waals surface area contributed by atoms with Crippen LogP contribution in [0.1, 0.15) is 18.1 Å². The number of benzene rings is 2. The number of para-hydroxylation sites is 1. The third-order valence-corrected chi connectivity index (χ3v) is 4.15. The first kappa shape index (κ1) is 16.0. The molecule has 0 amide bonds. The quantitative estimate of drug-likeness (QED) is 0.719. The summed E-state index contributed by atoms with van der Waals surface area (Å²) < 4.78 is 0. The molecule has 0 aliphatic rings. The summed E-state index contributed by atoms with van der Waals surface area (Å²) in [5, 5.41) is 3.33. The molecular formula is C20H22N4. The van der Waals surface area contributed by atoms with Crippen LogP contribution in [0.25, 0.3) is 0 Å². The summed E-state index contributed by atoms with van der Waals surface area (Å²) in [4.78, 5) is 11.2. The lowest BCUT2D eigenvalue weighted by Crippen LogP contribution is -2.17. The molecule has 1 heterocycles. The van der Waals surface area contributed by atoms with Gasteiger partial charge in [0, 0.05) is 24.1 Å². The van der Waals surface area contributed by atoms with Crippen molar-refractivity contribution >= 4 is 23.1 Å². The number of aryl methyl sites for hydroxylation is 1. The Kier molecular flexibility index (Phi) is 4.75. The minimum Gasteiger partial charge on any atom is -0.327 e. The standard InChI is InChI=1S/C20H22N4/c1-4-24(17-10-6-5-7-11-17)19-13-14-21-20(23-19)22-18-12-8-9-15(2)16(18)3/h5-14H,4H2,1-3H3,(H,21,22,23). The molecule has 0 bridgehead atoms. The smallest absolute Gasteiger partial charge is 0.229 e. The number of hydrogen-bond donors (Lipinski definition) is 1. The summed E-state index contributed by atoms with van der Waals surface area (Å²) in [7, 11) is 0. The molecule has 24 heavy (non-hydrogen) atoms. The number of aromatic nitrogens is 2. The van der Waals surface area contributed by atoms with Gasteiger partial charge in [0.25, 0.3) is 0 Å². The first-order valence-corrected chi connectivity index (χ1v) is 8.18. The maximum absolute atomic E-state index is 4.69. The lowest BCUT2D eigenvalue weighted by molar-refractivity contribution is 0.978. The lowest BCUT2D eigenvalue weighted by atomic mass is 10.1. The first-order valence-electron chi connectivity index (χ1n) is 8.18. The molecule has 0 saturated carbocycles. The third kappa shape index (κ3) is 3.38. The maximum Gasteiger partial charge on any atom is 0.229 e. The maximum atomic E-state index is 4.69. The zero-order valence-electron chi connectivity index (χ0n) is 14.3. The Labute approximate surface area is 143 Å². The zero-order chi connectivity index (χ0) is 16.9. The predicted octanol–water partition coefficient (Wildman–Crippen LogP) is 5.00. The van der Waals surface area contributed by atoms with Crippen LogP contribution in [0.15, 0.2) is 60.8 Å². The second-order valence-electron chi connectivity index (χ2n) is 5.69. The van der Waals surface area contributed by atoms with Crippen LogP contribution in [0.4, 0.5) is 23.1 Å². The molecule has 0 aliphatic carbocycles. The van der Waals surface area contributed by atoms with E-state index < -0.39 is 0 Å². The Hall–Kier alpha value is -2.88. The molecule has 1 aromatic heterocycles. The molecular weight excluding hydrogens is 296 g/mol. The largest absolute Gasteiger partial charge is 0.327 e. The van der Waals surface area contributed by atoms with Crippen LogP contribution in [-0.2, 0) is 0 Å². The van der Waals surface area contributed by atoms with E-state index in [4.69, 9.17) is 4.98 Å². The van der Waals surface area contributed by atoms with Gasteiger partial charge < -0.3 is 10.2 Å². The van der Waals surface area contributed by atoms with Crippen molar-refractivity contribution in [3.63, 3.8) is 0 Å². The summed E-state index contributed by atoms with van der Waals surface area (Å²) in [6, 6.07) is 18.4. The predicted molar refractivity (Wildman–Crippen MR) is 100 cm³/mol. The van der Waals surface area contributed by atoms with Gasteiger partial charge >= 0.3 is 0 Å². The highest BCUT2D eigenvalue weighted by molar-refractivity contribution is 5.63. The van der Waals surface area contributed by atoms with Crippen LogP contribution in [-0.4, -0.2) is 16.5 Å². The second kappa shape index (κ2) is 7.13. The molecule has 2 aromatic carbocycles. The molecule has 4 nitrogen and oxygen atoms in total. The Bertz CT molecular complexity index is 815. The van der Waals surface area contributed by atoms with E-state index in [1.165, 1.54) is 11.1 Å². The van der Waals surface area contributed by atoms with Crippen molar-refractivity contribution in [3.8, 4) is 0 Å². The van der Waals surface area contributed by atoms with E-state index in [0.717, 1.165) is 23.7 Å². The highest BCUT2D eigenvalue weighted by Crippen LogP contribution is 2.25. The van der Waals surface area contributed by atoms with Gasteiger partial charge in [-0.15, -0.1) is 0 Å². The Morgan fingerprint density at radius 2 is 1.75 bits per heavy atom. The van der Waals surface area contributed by atoms with E-state index >= 15 is 0 Å². The molecule has 122 valence electrons. The molecule has 0 spiro atoms. The average molecular weight is 318 g/mol. The van der Waals surface area contributed by atoms with Gasteiger partial charge in [0.2, 0.25) is 5.95 Å². The van der Waals surface area contributed by atoms with Gasteiger partial charge in [-0.2, -0.15) is 4.98 Å². The van der Waals surface area contributed by atoms with E-state index in [0.29, 0.717) is 5.95 Å². The van der Waals surface area contributed by atoms with E-state index in [1.54, 1.807) is 6.20 Å². The molecule has 0 saturated heterocycles. The second-order valence-corrected chi connectivity index (χ2v) is 5.69. The van der Waals surface area contributed by atoms with Gasteiger partial charge in [0.05, 0.1) is 0 Å². The van der Waals surface area contributed by atoms with Gasteiger partial charge in [0.15, 0.2) is 0 Å². The Morgan fingerprint density at radius 3 is 2.50 bits per heavy atom. The van der Waals surface area contributed by atoms with Crippen molar-refractivity contribution in [2.24, 2.45) is 0 Å². The number of nitrogens with zero attached hydrogens (tertiary/aromatic N) is 3. The summed E-state index contributed by atoms with van der Waals surface area (Å²) in [5.74, 6) is 1.49. The Balaban J connectivity index is 1.90. The summed E-state index contributed by atoms with van der Waals surface area (Å²) >= 11 is 0. The molecule has 0 radical (unpaired) electrons. The number of nitrogens with one attached hydrogen (secondary N) is 1. The van der Waals surface area contributed by atoms with Crippen LogP contribution >= 0.6 is 0 Å². The van der Waals surface area contributed by atoms with Crippen molar-refractivity contribution in [1.82, 2.24) is 9.97 Å². The van der Waals surface area contributed by atoms with Crippen molar-refractivity contribution < 1.29 is 0 Å². The van der Waals surface area contributed by atoms with Crippen LogP contribution in [0.3, 0.4) is 0 Å². The third-order valence-electron chi connectivity index (χ3n) is 4.15. The monoisotopic (exact) mass is 318 g/mol. The van der Waals surface area contributed by atoms with Crippen LogP contribution in [0.2, 0.25) is 0 Å². The topological polar surface area (TPSA) is 41.1 Å². The first-order chi connectivity index (χ1) is 11.7. The van der Waals surface area contributed by atoms with E-state index in [2.05, 4.69) is 54.2 Å². The highest BCUT2D eigenvalue weighted by Gasteiger charge is 2.10. The molecule has 3 aromatic rings. The minimum absolute atomic E-state index is 0.607. The fraction of sp³-hybridized carbons (Fsp3) is 0.200. The Morgan fingerprint density at radius 1 is 0.958 bits per heavy atom. The van der Waals surface area contributed by atoms with E-state index in [-0.39, 0.29) is 0 Å². The van der Waals surface area contributed by atoms with Crippen molar-refractivity contribution in [2.75, 3.05) is 16.8 Å².